The average molecular weight is 529 g/mol. The molecule has 0 fully saturated rings. The smallest absolute Gasteiger partial charge is 0.321 e. The lowest BCUT2D eigenvalue weighted by Crippen LogP contribution is -2.35. The molecular formula is C23H20N4O7S2. The zero-order valence-electron chi connectivity index (χ0n) is 18.8. The maximum atomic E-state index is 13.0. The van der Waals surface area contributed by atoms with E-state index in [9.17, 15) is 28.1 Å². The fourth-order valence-corrected chi connectivity index (χ4v) is 5.56. The summed E-state index contributed by atoms with van der Waals surface area (Å²) in [6.07, 6.45) is 0. The quantitative estimate of drug-likeness (QED) is 0.255. The van der Waals surface area contributed by atoms with Crippen LogP contribution in [0.3, 0.4) is 0 Å². The molecule has 0 saturated heterocycles. The molecule has 3 aromatic carbocycles. The van der Waals surface area contributed by atoms with Gasteiger partial charge in [-0.2, -0.15) is 4.72 Å². The average Bonchev–Trinajstić information content (AvgIpc) is 2.88. The summed E-state index contributed by atoms with van der Waals surface area (Å²) < 4.78 is 32.1. The summed E-state index contributed by atoms with van der Waals surface area (Å²) in [7, 11) is -2.79. The third-order valence-electron chi connectivity index (χ3n) is 5.19. The Morgan fingerprint density at radius 1 is 1.03 bits per heavy atom. The molecule has 1 amide bonds. The van der Waals surface area contributed by atoms with E-state index >= 15 is 0 Å². The summed E-state index contributed by atoms with van der Waals surface area (Å²) >= 11 is 1.52. The molecule has 1 heterocycles. The second-order valence-electron chi connectivity index (χ2n) is 7.44. The van der Waals surface area contributed by atoms with E-state index in [1.54, 1.807) is 24.3 Å². The van der Waals surface area contributed by atoms with Crippen molar-refractivity contribution in [2.45, 2.75) is 14.7 Å². The third kappa shape index (κ3) is 5.17. The summed E-state index contributed by atoms with van der Waals surface area (Å²) in [6.45, 7) is -1.38. The van der Waals surface area contributed by atoms with Crippen LogP contribution in [0.1, 0.15) is 0 Å². The van der Waals surface area contributed by atoms with E-state index in [0.29, 0.717) is 11.4 Å². The number of nitro groups is 1. The molecule has 1 aliphatic heterocycles. The molecule has 2 N–H and O–H groups in total. The van der Waals surface area contributed by atoms with Crippen molar-refractivity contribution in [3.63, 3.8) is 0 Å². The number of anilines is 3. The van der Waals surface area contributed by atoms with Crippen LogP contribution in [0.15, 0.2) is 81.4 Å². The van der Waals surface area contributed by atoms with Gasteiger partial charge in [0.15, 0.2) is 6.61 Å². The molecule has 0 aromatic heterocycles. The Bertz CT molecular complexity index is 1410. The maximum absolute atomic E-state index is 13.0. The minimum Gasteiger partial charge on any atom is -0.455 e. The summed E-state index contributed by atoms with van der Waals surface area (Å²) in [5.41, 5.74) is 0.995. The Hall–Kier alpha value is -3.94. The molecule has 0 unspecified atom stereocenters. The summed E-state index contributed by atoms with van der Waals surface area (Å²) in [5, 5.41) is 13.8. The Kier molecular flexibility index (Phi) is 7.24. The van der Waals surface area contributed by atoms with Crippen LogP contribution in [0.25, 0.3) is 0 Å². The van der Waals surface area contributed by atoms with Gasteiger partial charge >= 0.3 is 5.97 Å². The van der Waals surface area contributed by atoms with Gasteiger partial charge in [-0.25, -0.2) is 8.42 Å². The van der Waals surface area contributed by atoms with Crippen LogP contribution in [0.2, 0.25) is 0 Å². The Labute approximate surface area is 210 Å². The largest absolute Gasteiger partial charge is 0.455 e. The first kappa shape index (κ1) is 25.2. The molecule has 13 heteroatoms. The molecular weight excluding hydrogens is 508 g/mol. The van der Waals surface area contributed by atoms with Crippen LogP contribution in [0, 0.1) is 10.1 Å². The number of hydrogen-bond acceptors (Lipinski definition) is 9. The third-order valence-corrected chi connectivity index (χ3v) is 7.72. The predicted molar refractivity (Wildman–Crippen MR) is 133 cm³/mol. The van der Waals surface area contributed by atoms with Crippen molar-refractivity contribution in [1.82, 2.24) is 4.72 Å². The highest BCUT2D eigenvalue weighted by molar-refractivity contribution is 7.99. The number of benzene rings is 3. The van der Waals surface area contributed by atoms with Gasteiger partial charge in [0.25, 0.3) is 11.6 Å². The van der Waals surface area contributed by atoms with Crippen molar-refractivity contribution >= 4 is 56.4 Å². The van der Waals surface area contributed by atoms with E-state index in [2.05, 4.69) is 5.32 Å². The first-order valence-corrected chi connectivity index (χ1v) is 12.8. The van der Waals surface area contributed by atoms with Crippen LogP contribution in [-0.4, -0.2) is 45.4 Å². The molecule has 0 radical (unpaired) electrons. The van der Waals surface area contributed by atoms with E-state index in [0.717, 1.165) is 15.9 Å². The number of sulfonamides is 1. The molecule has 0 spiro atoms. The molecule has 4 rings (SSSR count). The molecule has 0 aliphatic carbocycles. The molecule has 0 bridgehead atoms. The number of esters is 1. The van der Waals surface area contributed by atoms with Gasteiger partial charge in [0.1, 0.15) is 12.2 Å². The van der Waals surface area contributed by atoms with Crippen LogP contribution in [0.4, 0.5) is 22.7 Å². The monoisotopic (exact) mass is 528 g/mol. The highest BCUT2D eigenvalue weighted by Gasteiger charge is 2.29. The molecule has 36 heavy (non-hydrogen) atoms. The first-order valence-electron chi connectivity index (χ1n) is 10.5. The van der Waals surface area contributed by atoms with Gasteiger partial charge in [-0.1, -0.05) is 36.0 Å². The number of carbonyl (C=O) groups is 2. The number of nitrogens with one attached hydrogen (secondary N) is 2. The Morgan fingerprint density at radius 2 is 1.64 bits per heavy atom. The van der Waals surface area contributed by atoms with Crippen molar-refractivity contribution in [2.75, 3.05) is 30.4 Å². The number of ether oxygens (including phenoxy) is 1. The predicted octanol–water partition coefficient (Wildman–Crippen LogP) is 3.29. The molecule has 11 nitrogen and oxygen atoms in total. The van der Waals surface area contributed by atoms with Gasteiger partial charge in [0.05, 0.1) is 21.2 Å². The zero-order chi connectivity index (χ0) is 25.9. The number of nitrogens with zero attached hydrogens (tertiary/aromatic N) is 2. The van der Waals surface area contributed by atoms with E-state index in [1.807, 2.05) is 29.0 Å². The lowest BCUT2D eigenvalue weighted by Gasteiger charge is -2.30. The van der Waals surface area contributed by atoms with Gasteiger partial charge in [-0.15, -0.1) is 0 Å². The second kappa shape index (κ2) is 10.4. The molecule has 3 aromatic rings. The number of rotatable bonds is 8. The maximum Gasteiger partial charge on any atom is 0.321 e. The topological polar surface area (TPSA) is 148 Å². The minimum atomic E-state index is -4.26. The normalized spacial score (nSPS) is 12.3. The molecule has 0 atom stereocenters. The van der Waals surface area contributed by atoms with Gasteiger partial charge in [-0.05, 0) is 36.4 Å². The van der Waals surface area contributed by atoms with Gasteiger partial charge < -0.3 is 10.1 Å². The number of nitro benzene ring substituents is 1. The molecule has 1 aliphatic rings. The number of hydrogen-bond donors (Lipinski definition) is 2. The first-order chi connectivity index (χ1) is 17.2. The van der Waals surface area contributed by atoms with Crippen molar-refractivity contribution in [1.29, 1.82) is 0 Å². The van der Waals surface area contributed by atoms with Crippen molar-refractivity contribution in [2.24, 2.45) is 0 Å². The Morgan fingerprint density at radius 3 is 2.22 bits per heavy atom. The van der Waals surface area contributed by atoms with E-state index in [4.69, 9.17) is 4.74 Å². The summed E-state index contributed by atoms with van der Waals surface area (Å²) in [4.78, 5) is 38.5. The highest BCUT2D eigenvalue weighted by Crippen LogP contribution is 2.47. The number of para-hydroxylation sites is 2. The standard InChI is InChI=1S/C23H20N4O7S2/c1-24-16-11-10-15(12-19(16)27(30)31)36(32,33)25-13-23(29)34-14-22(28)26-17-6-2-4-8-20(17)35-21-9-5-3-7-18(21)26/h2-12,24-25H,13-14H2,1H3. The lowest BCUT2D eigenvalue weighted by atomic mass is 10.2. The van der Waals surface area contributed by atoms with Gasteiger partial charge in [-0.3, -0.25) is 24.6 Å². The van der Waals surface area contributed by atoms with E-state index < -0.39 is 50.6 Å². The fraction of sp³-hybridized carbons (Fsp3) is 0.130. The van der Waals surface area contributed by atoms with Crippen molar-refractivity contribution in [3.05, 3.63) is 76.8 Å². The SMILES string of the molecule is CNc1ccc(S(=O)(=O)NCC(=O)OCC(=O)N2c3ccccc3Sc3ccccc32)cc1[N+](=O)[O-]. The van der Waals surface area contributed by atoms with Crippen molar-refractivity contribution in [3.8, 4) is 0 Å². The van der Waals surface area contributed by atoms with Crippen LogP contribution in [0.5, 0.6) is 0 Å². The van der Waals surface area contributed by atoms with E-state index in [1.165, 1.54) is 35.8 Å². The fourth-order valence-electron chi connectivity index (χ4n) is 3.51. The number of carbonyl (C=O) groups excluding carboxylic acids is 2. The molecule has 0 saturated carbocycles. The van der Waals surface area contributed by atoms with Gasteiger partial charge in [0.2, 0.25) is 10.0 Å². The van der Waals surface area contributed by atoms with Crippen LogP contribution in [-0.2, 0) is 24.3 Å². The number of fused-ring (bicyclic) bond motifs is 2. The lowest BCUT2D eigenvalue weighted by molar-refractivity contribution is -0.384. The van der Waals surface area contributed by atoms with Crippen LogP contribution >= 0.6 is 11.8 Å². The van der Waals surface area contributed by atoms with Crippen LogP contribution < -0.4 is 14.9 Å². The van der Waals surface area contributed by atoms with E-state index in [-0.39, 0.29) is 5.69 Å². The Balaban J connectivity index is 1.42. The molecule has 186 valence electrons. The van der Waals surface area contributed by atoms with Gasteiger partial charge in [0, 0.05) is 22.9 Å². The van der Waals surface area contributed by atoms with Crippen molar-refractivity contribution < 1.29 is 27.7 Å². The second-order valence-corrected chi connectivity index (χ2v) is 10.3. The zero-order valence-corrected chi connectivity index (χ0v) is 20.5. The minimum absolute atomic E-state index is 0.135. The summed E-state index contributed by atoms with van der Waals surface area (Å²) in [5.74, 6) is -1.49. The summed E-state index contributed by atoms with van der Waals surface area (Å²) in [6, 6.07) is 17.9. The highest BCUT2D eigenvalue weighted by atomic mass is 32.2. The number of amides is 1.